The van der Waals surface area contributed by atoms with Crippen LogP contribution >= 0.6 is 0 Å². The van der Waals surface area contributed by atoms with Crippen molar-refractivity contribution in [3.8, 4) is 0 Å². The predicted molar refractivity (Wildman–Crippen MR) is 74.0 cm³/mol. The van der Waals surface area contributed by atoms with E-state index in [9.17, 15) is 0 Å². The molecule has 1 atom stereocenters. The van der Waals surface area contributed by atoms with Gasteiger partial charge in [-0.2, -0.15) is 0 Å². The molecule has 0 bridgehead atoms. The molecule has 0 amide bonds. The summed E-state index contributed by atoms with van der Waals surface area (Å²) in [5, 5.41) is 3.62. The maximum absolute atomic E-state index is 4.22. The summed E-state index contributed by atoms with van der Waals surface area (Å²) in [6, 6.07) is 4.68. The fourth-order valence-electron chi connectivity index (χ4n) is 2.02. The monoisotopic (exact) mass is 234 g/mol. The van der Waals surface area contributed by atoms with Gasteiger partial charge in [0.25, 0.3) is 0 Å². The van der Waals surface area contributed by atoms with Crippen LogP contribution in [0, 0.1) is 5.92 Å². The Balaban J connectivity index is 2.48. The molecule has 0 aromatic carbocycles. The molecule has 1 unspecified atom stereocenters. The predicted octanol–water partition coefficient (Wildman–Crippen LogP) is 3.95. The van der Waals surface area contributed by atoms with Gasteiger partial charge in [-0.3, -0.25) is 4.98 Å². The summed E-state index contributed by atoms with van der Waals surface area (Å²) in [6.07, 6.45) is 8.82. The quantitative estimate of drug-likeness (QED) is 0.736. The Kier molecular flexibility index (Phi) is 6.87. The lowest BCUT2D eigenvalue weighted by atomic mass is 9.99. The average Bonchev–Trinajstić information content (AvgIpc) is 2.34. The summed E-state index contributed by atoms with van der Waals surface area (Å²) < 4.78 is 0. The van der Waals surface area contributed by atoms with Crippen molar-refractivity contribution in [1.82, 2.24) is 10.3 Å². The molecule has 1 aromatic heterocycles. The first kappa shape index (κ1) is 14.2. The van der Waals surface area contributed by atoms with E-state index >= 15 is 0 Å². The van der Waals surface area contributed by atoms with E-state index < -0.39 is 0 Å². The van der Waals surface area contributed by atoms with Crippen LogP contribution in [0.1, 0.15) is 58.1 Å². The molecule has 0 aliphatic carbocycles. The molecule has 0 saturated heterocycles. The minimum absolute atomic E-state index is 0.474. The molecule has 0 fully saturated rings. The topological polar surface area (TPSA) is 24.9 Å². The van der Waals surface area contributed by atoms with E-state index in [-0.39, 0.29) is 0 Å². The second-order valence-electron chi connectivity index (χ2n) is 5.12. The summed E-state index contributed by atoms with van der Waals surface area (Å²) in [6.45, 7) is 7.87. The molecule has 1 heterocycles. The maximum atomic E-state index is 4.22. The van der Waals surface area contributed by atoms with Gasteiger partial charge in [-0.15, -0.1) is 0 Å². The summed E-state index contributed by atoms with van der Waals surface area (Å²) in [5.41, 5.74) is 1.32. The lowest BCUT2D eigenvalue weighted by molar-refractivity contribution is 0.447. The van der Waals surface area contributed by atoms with E-state index in [0.29, 0.717) is 6.04 Å². The summed E-state index contributed by atoms with van der Waals surface area (Å²) in [4.78, 5) is 4.22. The van der Waals surface area contributed by atoms with E-state index in [1.807, 2.05) is 18.5 Å². The zero-order chi connectivity index (χ0) is 12.5. The highest BCUT2D eigenvalue weighted by Gasteiger charge is 2.10. The molecule has 96 valence electrons. The van der Waals surface area contributed by atoms with Crippen LogP contribution in [0.2, 0.25) is 0 Å². The average molecular weight is 234 g/mol. The Morgan fingerprint density at radius 3 is 2.71 bits per heavy atom. The first-order valence-electron chi connectivity index (χ1n) is 6.87. The van der Waals surface area contributed by atoms with Gasteiger partial charge in [-0.25, -0.2) is 0 Å². The molecule has 1 N–H and O–H groups in total. The van der Waals surface area contributed by atoms with Gasteiger partial charge >= 0.3 is 0 Å². The van der Waals surface area contributed by atoms with Crippen LogP contribution in [0.4, 0.5) is 0 Å². The van der Waals surface area contributed by atoms with Gasteiger partial charge < -0.3 is 5.32 Å². The molecular formula is C15H26N2. The zero-order valence-corrected chi connectivity index (χ0v) is 11.4. The highest BCUT2D eigenvalue weighted by atomic mass is 14.9. The van der Waals surface area contributed by atoms with Crippen molar-refractivity contribution in [3.63, 3.8) is 0 Å². The van der Waals surface area contributed by atoms with Crippen molar-refractivity contribution in [1.29, 1.82) is 0 Å². The van der Waals surface area contributed by atoms with Gasteiger partial charge in [0.1, 0.15) is 0 Å². The molecule has 2 heteroatoms. The van der Waals surface area contributed by atoms with E-state index in [0.717, 1.165) is 12.5 Å². The second-order valence-corrected chi connectivity index (χ2v) is 5.12. The highest BCUT2D eigenvalue weighted by molar-refractivity contribution is 5.13. The molecule has 0 radical (unpaired) electrons. The third-order valence-corrected chi connectivity index (χ3v) is 3.00. The van der Waals surface area contributed by atoms with Crippen LogP contribution in [0.3, 0.4) is 0 Å². The molecule has 0 spiro atoms. The highest BCUT2D eigenvalue weighted by Crippen LogP contribution is 2.20. The Labute approximate surface area is 106 Å². The standard InChI is InChI=1S/C15H26N2/c1-4-10-17-15(9-5-7-13(2)3)14-8-6-11-16-12-14/h6,8,11-13,15,17H,4-5,7,9-10H2,1-3H3. The molecule has 0 saturated carbocycles. The SMILES string of the molecule is CCCNC(CCCC(C)C)c1cccnc1. The first-order chi connectivity index (χ1) is 8.24. The Morgan fingerprint density at radius 1 is 1.29 bits per heavy atom. The molecule has 2 nitrogen and oxygen atoms in total. The van der Waals surface area contributed by atoms with Crippen molar-refractivity contribution >= 4 is 0 Å². The number of hydrogen-bond acceptors (Lipinski definition) is 2. The van der Waals surface area contributed by atoms with Crippen LogP contribution in [0.15, 0.2) is 24.5 Å². The molecule has 0 aliphatic rings. The van der Waals surface area contributed by atoms with Crippen molar-refractivity contribution in [2.45, 2.75) is 52.5 Å². The third-order valence-electron chi connectivity index (χ3n) is 3.00. The Morgan fingerprint density at radius 2 is 2.12 bits per heavy atom. The zero-order valence-electron chi connectivity index (χ0n) is 11.4. The van der Waals surface area contributed by atoms with Gasteiger partial charge in [0.2, 0.25) is 0 Å². The minimum atomic E-state index is 0.474. The van der Waals surface area contributed by atoms with Crippen LogP contribution in [-0.2, 0) is 0 Å². The van der Waals surface area contributed by atoms with Crippen LogP contribution in [0.5, 0.6) is 0 Å². The summed E-state index contributed by atoms with van der Waals surface area (Å²) in [7, 11) is 0. The molecule has 1 aromatic rings. The number of pyridine rings is 1. The third kappa shape index (κ3) is 5.83. The maximum Gasteiger partial charge on any atom is 0.0335 e. The lowest BCUT2D eigenvalue weighted by Crippen LogP contribution is -2.22. The first-order valence-corrected chi connectivity index (χ1v) is 6.87. The van der Waals surface area contributed by atoms with Crippen LogP contribution < -0.4 is 5.32 Å². The van der Waals surface area contributed by atoms with Crippen molar-refractivity contribution < 1.29 is 0 Å². The van der Waals surface area contributed by atoms with Crippen molar-refractivity contribution in [2.75, 3.05) is 6.54 Å². The molecule has 0 aliphatic heterocycles. The number of aromatic nitrogens is 1. The Bertz CT molecular complexity index is 282. The van der Waals surface area contributed by atoms with E-state index in [4.69, 9.17) is 0 Å². The molecule has 1 rings (SSSR count). The normalized spacial score (nSPS) is 12.9. The number of rotatable bonds is 8. The lowest BCUT2D eigenvalue weighted by Gasteiger charge is -2.19. The van der Waals surface area contributed by atoms with Gasteiger partial charge in [-0.1, -0.05) is 39.7 Å². The van der Waals surface area contributed by atoms with Gasteiger partial charge in [0.05, 0.1) is 0 Å². The van der Waals surface area contributed by atoms with Gasteiger partial charge in [0, 0.05) is 18.4 Å². The fraction of sp³-hybridized carbons (Fsp3) is 0.667. The summed E-state index contributed by atoms with van der Waals surface area (Å²) in [5.74, 6) is 0.802. The second kappa shape index (κ2) is 8.24. The van der Waals surface area contributed by atoms with Gasteiger partial charge in [-0.05, 0) is 36.9 Å². The van der Waals surface area contributed by atoms with Crippen molar-refractivity contribution in [2.24, 2.45) is 5.92 Å². The Hall–Kier alpha value is -0.890. The van der Waals surface area contributed by atoms with Crippen LogP contribution in [-0.4, -0.2) is 11.5 Å². The van der Waals surface area contributed by atoms with E-state index in [1.165, 1.54) is 31.2 Å². The van der Waals surface area contributed by atoms with Crippen LogP contribution in [0.25, 0.3) is 0 Å². The molecule has 17 heavy (non-hydrogen) atoms. The smallest absolute Gasteiger partial charge is 0.0335 e. The largest absolute Gasteiger partial charge is 0.310 e. The van der Waals surface area contributed by atoms with Gasteiger partial charge in [0.15, 0.2) is 0 Å². The van der Waals surface area contributed by atoms with E-state index in [1.54, 1.807) is 0 Å². The number of hydrogen-bond donors (Lipinski definition) is 1. The van der Waals surface area contributed by atoms with E-state index in [2.05, 4.69) is 37.1 Å². The minimum Gasteiger partial charge on any atom is -0.310 e. The molecular weight excluding hydrogens is 208 g/mol. The fourth-order valence-corrected chi connectivity index (χ4v) is 2.02. The number of nitrogens with zero attached hydrogens (tertiary/aromatic N) is 1. The summed E-state index contributed by atoms with van der Waals surface area (Å²) >= 11 is 0. The van der Waals surface area contributed by atoms with Crippen molar-refractivity contribution in [3.05, 3.63) is 30.1 Å². The number of nitrogens with one attached hydrogen (secondary N) is 1.